The smallest absolute Gasteiger partial charge is 0.338 e. The van der Waals surface area contributed by atoms with Crippen molar-refractivity contribution in [2.24, 2.45) is 4.99 Å². The van der Waals surface area contributed by atoms with E-state index in [-0.39, 0.29) is 18.0 Å². The lowest BCUT2D eigenvalue weighted by Crippen LogP contribution is -2.40. The van der Waals surface area contributed by atoms with E-state index < -0.39 is 12.0 Å². The van der Waals surface area contributed by atoms with E-state index in [4.69, 9.17) is 30.8 Å². The lowest BCUT2D eigenvalue weighted by atomic mass is 9.93. The minimum atomic E-state index is -0.838. The number of rotatable bonds is 10. The van der Waals surface area contributed by atoms with Crippen LogP contribution in [-0.2, 0) is 16.1 Å². The van der Waals surface area contributed by atoms with Crippen molar-refractivity contribution in [3.8, 4) is 11.5 Å². The molecule has 0 saturated heterocycles. The summed E-state index contributed by atoms with van der Waals surface area (Å²) >= 11 is 7.66. The number of nitrogens with zero attached hydrogens (tertiary/aromatic N) is 2. The molecule has 1 atom stereocenters. The van der Waals surface area contributed by atoms with Gasteiger partial charge < -0.3 is 14.2 Å². The fraction of sp³-hybridized carbons (Fsp3) is 0.242. The quantitative estimate of drug-likeness (QED) is 0.205. The molecule has 5 rings (SSSR count). The van der Waals surface area contributed by atoms with E-state index in [2.05, 4.69) is 0 Å². The van der Waals surface area contributed by atoms with Gasteiger partial charge in [-0.3, -0.25) is 9.36 Å². The van der Waals surface area contributed by atoms with Gasteiger partial charge in [-0.25, -0.2) is 14.2 Å². The van der Waals surface area contributed by atoms with Crippen molar-refractivity contribution in [2.75, 3.05) is 13.7 Å². The summed E-state index contributed by atoms with van der Waals surface area (Å²) in [6.07, 6.45) is 3.05. The molecule has 1 aliphatic rings. The molecule has 2 heterocycles. The van der Waals surface area contributed by atoms with Crippen LogP contribution in [-0.4, -0.2) is 24.3 Å². The van der Waals surface area contributed by atoms with Crippen molar-refractivity contribution >= 4 is 35.0 Å². The normalized spacial score (nSPS) is 14.7. The van der Waals surface area contributed by atoms with E-state index in [9.17, 15) is 14.0 Å². The average molecular weight is 621 g/mol. The van der Waals surface area contributed by atoms with Crippen LogP contribution in [0.25, 0.3) is 6.08 Å². The molecule has 0 spiro atoms. The Kier molecular flexibility index (Phi) is 9.43. The minimum Gasteiger partial charge on any atom is -0.496 e. The number of thiazole rings is 1. The number of aromatic nitrogens is 1. The molecule has 10 heteroatoms. The molecule has 43 heavy (non-hydrogen) atoms. The highest BCUT2D eigenvalue weighted by Gasteiger charge is 2.36. The molecule has 0 amide bonds. The maximum absolute atomic E-state index is 14.0. The Morgan fingerprint density at radius 3 is 2.51 bits per heavy atom. The number of fused-ring (bicyclic) bond motifs is 1. The van der Waals surface area contributed by atoms with Crippen LogP contribution >= 0.6 is 22.9 Å². The van der Waals surface area contributed by atoms with Gasteiger partial charge in [-0.05, 0) is 73.0 Å². The molecule has 0 saturated carbocycles. The van der Waals surface area contributed by atoms with Crippen molar-refractivity contribution in [3.05, 3.63) is 125 Å². The van der Waals surface area contributed by atoms with Crippen molar-refractivity contribution in [1.29, 1.82) is 0 Å². The Morgan fingerprint density at radius 1 is 1.09 bits per heavy atom. The highest BCUT2D eigenvalue weighted by Crippen LogP contribution is 2.38. The average Bonchev–Trinajstić information content (AvgIpc) is 3.31. The van der Waals surface area contributed by atoms with Gasteiger partial charge >= 0.3 is 5.97 Å². The molecule has 1 aromatic heterocycles. The van der Waals surface area contributed by atoms with Crippen LogP contribution in [0.4, 0.5) is 4.39 Å². The van der Waals surface area contributed by atoms with Gasteiger partial charge in [0.1, 0.15) is 30.0 Å². The molecular formula is C33H30ClFN2O5S. The van der Waals surface area contributed by atoms with E-state index >= 15 is 0 Å². The van der Waals surface area contributed by atoms with Gasteiger partial charge in [0.15, 0.2) is 4.80 Å². The van der Waals surface area contributed by atoms with E-state index in [1.165, 1.54) is 35.1 Å². The summed E-state index contributed by atoms with van der Waals surface area (Å²) in [4.78, 5) is 32.7. The Hall–Kier alpha value is -4.21. The molecule has 0 radical (unpaired) electrons. The fourth-order valence-electron chi connectivity index (χ4n) is 4.89. The summed E-state index contributed by atoms with van der Waals surface area (Å²) in [5, 5.41) is 0.442. The van der Waals surface area contributed by atoms with Gasteiger partial charge in [-0.2, -0.15) is 0 Å². The number of hydrogen-bond acceptors (Lipinski definition) is 7. The number of benzene rings is 3. The monoisotopic (exact) mass is 620 g/mol. The SMILES string of the molecule is CCCC1=C(C(=O)OCC)[C@@H](c2cc(Cl)ccc2OC)n2c(s/c(=C/c3ccc(OCc4ccc(F)cc4)cc3)c2=O)=N1. The molecule has 0 aliphatic carbocycles. The highest BCUT2D eigenvalue weighted by molar-refractivity contribution is 7.07. The predicted octanol–water partition coefficient (Wildman–Crippen LogP) is 5.96. The summed E-state index contributed by atoms with van der Waals surface area (Å²) < 4.78 is 32.1. The van der Waals surface area contributed by atoms with Gasteiger partial charge in [0.2, 0.25) is 0 Å². The Labute approximate surface area is 257 Å². The zero-order valence-corrected chi connectivity index (χ0v) is 25.5. The maximum atomic E-state index is 14.0. The van der Waals surface area contributed by atoms with Crippen LogP contribution in [0.2, 0.25) is 5.02 Å². The third kappa shape index (κ3) is 6.58. The third-order valence-corrected chi connectivity index (χ3v) is 8.09. The number of allylic oxidation sites excluding steroid dienone is 1. The van der Waals surface area contributed by atoms with Crippen LogP contribution < -0.4 is 24.4 Å². The second kappa shape index (κ2) is 13.4. The summed E-state index contributed by atoms with van der Waals surface area (Å²) in [7, 11) is 1.53. The number of carbonyl (C=O) groups is 1. The van der Waals surface area contributed by atoms with Gasteiger partial charge in [0.05, 0.1) is 29.5 Å². The van der Waals surface area contributed by atoms with E-state index in [1.807, 2.05) is 31.2 Å². The first-order chi connectivity index (χ1) is 20.8. The summed E-state index contributed by atoms with van der Waals surface area (Å²) in [5.41, 5.74) is 2.77. The zero-order valence-electron chi connectivity index (χ0n) is 23.9. The molecule has 7 nitrogen and oxygen atoms in total. The minimum absolute atomic E-state index is 0.176. The number of ether oxygens (including phenoxy) is 3. The van der Waals surface area contributed by atoms with Crippen molar-refractivity contribution in [3.63, 3.8) is 0 Å². The summed E-state index contributed by atoms with van der Waals surface area (Å²) in [6, 6.07) is 17.7. The molecule has 0 bridgehead atoms. The number of hydrogen-bond donors (Lipinski definition) is 0. The summed E-state index contributed by atoms with van der Waals surface area (Å²) in [5.74, 6) is 0.293. The first-order valence-electron chi connectivity index (χ1n) is 13.9. The van der Waals surface area contributed by atoms with Crippen LogP contribution in [0.15, 0.2) is 87.8 Å². The molecular weight excluding hydrogens is 591 g/mol. The van der Waals surface area contributed by atoms with Crippen LogP contribution in [0, 0.1) is 5.82 Å². The second-order valence-corrected chi connectivity index (χ2v) is 11.2. The zero-order chi connectivity index (χ0) is 30.5. The first kappa shape index (κ1) is 30.3. The molecule has 0 N–H and O–H groups in total. The Bertz CT molecular complexity index is 1850. The number of halogens is 2. The third-order valence-electron chi connectivity index (χ3n) is 6.88. The number of methoxy groups -OCH3 is 1. The van der Waals surface area contributed by atoms with Gasteiger partial charge in [0.25, 0.3) is 5.56 Å². The van der Waals surface area contributed by atoms with Crippen LogP contribution in [0.1, 0.15) is 49.4 Å². The second-order valence-electron chi connectivity index (χ2n) is 9.78. The Morgan fingerprint density at radius 2 is 1.84 bits per heavy atom. The maximum Gasteiger partial charge on any atom is 0.338 e. The van der Waals surface area contributed by atoms with E-state index in [0.717, 1.165) is 17.5 Å². The first-order valence-corrected chi connectivity index (χ1v) is 15.0. The van der Waals surface area contributed by atoms with Crippen LogP contribution in [0.3, 0.4) is 0 Å². The van der Waals surface area contributed by atoms with Crippen molar-refractivity contribution < 1.29 is 23.4 Å². The molecule has 4 aromatic rings. The molecule has 0 unspecified atom stereocenters. The van der Waals surface area contributed by atoms with E-state index in [1.54, 1.807) is 43.3 Å². The Balaban J connectivity index is 1.57. The number of esters is 1. The van der Waals surface area contributed by atoms with Crippen molar-refractivity contribution in [1.82, 2.24) is 4.57 Å². The molecule has 1 aliphatic heterocycles. The van der Waals surface area contributed by atoms with Crippen molar-refractivity contribution in [2.45, 2.75) is 39.3 Å². The predicted molar refractivity (Wildman–Crippen MR) is 165 cm³/mol. The molecule has 0 fully saturated rings. The lowest BCUT2D eigenvalue weighted by molar-refractivity contribution is -0.139. The number of carbonyl (C=O) groups excluding carboxylic acids is 1. The standard InChI is InChI=1S/C33H30ClFN2O5S/c1-4-6-26-29(32(39)41-5-2)30(25-18-22(34)11-16-27(25)40-3)37-31(38)28(43-33(37)36-26)17-20-9-14-24(15-10-20)42-19-21-7-12-23(35)13-8-21/h7-18,30H,4-6,19H2,1-3H3/b28-17+/t30-/m1/s1. The van der Waals surface area contributed by atoms with E-state index in [0.29, 0.717) is 55.7 Å². The van der Waals surface area contributed by atoms with Gasteiger partial charge in [-0.1, -0.05) is 60.5 Å². The lowest BCUT2D eigenvalue weighted by Gasteiger charge is -2.27. The van der Waals surface area contributed by atoms with Gasteiger partial charge in [-0.15, -0.1) is 0 Å². The largest absolute Gasteiger partial charge is 0.496 e. The van der Waals surface area contributed by atoms with Gasteiger partial charge in [0, 0.05) is 10.6 Å². The topological polar surface area (TPSA) is 79.1 Å². The molecule has 3 aromatic carbocycles. The summed E-state index contributed by atoms with van der Waals surface area (Å²) in [6.45, 7) is 4.22. The highest BCUT2D eigenvalue weighted by atomic mass is 35.5. The van der Waals surface area contributed by atoms with Crippen LogP contribution in [0.5, 0.6) is 11.5 Å². The molecule has 222 valence electrons. The fourth-order valence-corrected chi connectivity index (χ4v) is 6.09.